The summed E-state index contributed by atoms with van der Waals surface area (Å²) < 4.78 is 5.30. The zero-order valence-corrected chi connectivity index (χ0v) is 11.5. The number of nitrogens with one attached hydrogen (secondary N) is 1. The number of carboxylic acids is 1. The van der Waals surface area contributed by atoms with Crippen molar-refractivity contribution in [1.29, 1.82) is 0 Å². The quantitative estimate of drug-likeness (QED) is 0.534. The highest BCUT2D eigenvalue weighted by Gasteiger charge is 2.11. The van der Waals surface area contributed by atoms with E-state index in [9.17, 15) is 4.79 Å². The Morgan fingerprint density at radius 3 is 2.85 bits per heavy atom. The van der Waals surface area contributed by atoms with E-state index in [1.165, 1.54) is 6.07 Å². The van der Waals surface area contributed by atoms with Gasteiger partial charge in [-0.1, -0.05) is 6.07 Å². The van der Waals surface area contributed by atoms with Gasteiger partial charge in [-0.05, 0) is 25.1 Å². The third kappa shape index (κ3) is 3.85. The van der Waals surface area contributed by atoms with E-state index < -0.39 is 5.97 Å². The largest absolute Gasteiger partial charge is 0.478 e. The fourth-order valence-corrected chi connectivity index (χ4v) is 2.26. The summed E-state index contributed by atoms with van der Waals surface area (Å²) in [6.07, 6.45) is 0.983. The van der Waals surface area contributed by atoms with Gasteiger partial charge < -0.3 is 20.9 Å². The van der Waals surface area contributed by atoms with Crippen molar-refractivity contribution in [2.24, 2.45) is 0 Å². The predicted octanol–water partition coefficient (Wildman–Crippen LogP) is 1.10. The molecule has 20 heavy (non-hydrogen) atoms. The van der Waals surface area contributed by atoms with Crippen molar-refractivity contribution in [3.63, 3.8) is 0 Å². The summed E-state index contributed by atoms with van der Waals surface area (Å²) in [5.74, 6) is -1.00. The number of para-hydroxylation sites is 1. The van der Waals surface area contributed by atoms with Gasteiger partial charge in [0.05, 0.1) is 30.2 Å². The number of benzene rings is 1. The Kier molecular flexibility index (Phi) is 5.20. The van der Waals surface area contributed by atoms with Crippen LogP contribution in [-0.2, 0) is 4.74 Å². The molecule has 1 fully saturated rings. The molecule has 0 radical (unpaired) electrons. The highest BCUT2D eigenvalue weighted by Crippen LogP contribution is 2.22. The van der Waals surface area contributed by atoms with Gasteiger partial charge in [0, 0.05) is 19.6 Å². The minimum Gasteiger partial charge on any atom is -0.478 e. The van der Waals surface area contributed by atoms with Crippen LogP contribution in [0.1, 0.15) is 16.8 Å². The van der Waals surface area contributed by atoms with Crippen molar-refractivity contribution in [1.82, 2.24) is 4.90 Å². The third-order valence-corrected chi connectivity index (χ3v) is 3.41. The van der Waals surface area contributed by atoms with E-state index in [-0.39, 0.29) is 5.56 Å². The van der Waals surface area contributed by atoms with E-state index >= 15 is 0 Å². The molecule has 0 bridgehead atoms. The van der Waals surface area contributed by atoms with E-state index in [1.54, 1.807) is 12.1 Å². The molecular weight excluding hydrogens is 258 g/mol. The number of hydrogen-bond acceptors (Lipinski definition) is 5. The number of carbonyl (C=O) groups is 1. The van der Waals surface area contributed by atoms with Gasteiger partial charge in [-0.15, -0.1) is 0 Å². The molecule has 110 valence electrons. The first-order valence-electron chi connectivity index (χ1n) is 6.84. The molecule has 1 aliphatic rings. The molecule has 0 amide bonds. The lowest BCUT2D eigenvalue weighted by Crippen LogP contribution is -2.37. The summed E-state index contributed by atoms with van der Waals surface area (Å²) in [5, 5.41) is 12.2. The number of nitrogen functional groups attached to an aromatic ring is 1. The van der Waals surface area contributed by atoms with Gasteiger partial charge in [-0.3, -0.25) is 4.90 Å². The van der Waals surface area contributed by atoms with E-state index in [2.05, 4.69) is 10.2 Å². The number of hydrogen-bond donors (Lipinski definition) is 3. The van der Waals surface area contributed by atoms with Crippen molar-refractivity contribution in [2.45, 2.75) is 6.42 Å². The van der Waals surface area contributed by atoms with Crippen LogP contribution in [0.4, 0.5) is 11.4 Å². The van der Waals surface area contributed by atoms with Gasteiger partial charge in [0.25, 0.3) is 0 Å². The van der Waals surface area contributed by atoms with Gasteiger partial charge in [0.2, 0.25) is 0 Å². The van der Waals surface area contributed by atoms with Gasteiger partial charge in [0.1, 0.15) is 0 Å². The average Bonchev–Trinajstić information content (AvgIpc) is 2.46. The zero-order chi connectivity index (χ0) is 14.4. The SMILES string of the molecule is Nc1c(NCCCN2CCOCC2)cccc1C(=O)O. The monoisotopic (exact) mass is 279 g/mol. The second-order valence-electron chi connectivity index (χ2n) is 4.81. The fraction of sp³-hybridized carbons (Fsp3) is 0.500. The summed E-state index contributed by atoms with van der Waals surface area (Å²) in [6.45, 7) is 5.36. The van der Waals surface area contributed by atoms with Crippen LogP contribution < -0.4 is 11.1 Å². The maximum absolute atomic E-state index is 11.0. The lowest BCUT2D eigenvalue weighted by atomic mass is 10.1. The maximum atomic E-state index is 11.0. The Labute approximate surface area is 118 Å². The molecule has 1 aromatic carbocycles. The highest BCUT2D eigenvalue weighted by atomic mass is 16.5. The molecule has 1 aliphatic heterocycles. The van der Waals surface area contributed by atoms with Gasteiger partial charge in [-0.2, -0.15) is 0 Å². The van der Waals surface area contributed by atoms with Crippen LogP contribution in [0, 0.1) is 0 Å². The van der Waals surface area contributed by atoms with Crippen LogP contribution in [0.2, 0.25) is 0 Å². The summed E-state index contributed by atoms with van der Waals surface area (Å²) in [6, 6.07) is 5.01. The summed E-state index contributed by atoms with van der Waals surface area (Å²) in [5.41, 5.74) is 6.97. The third-order valence-electron chi connectivity index (χ3n) is 3.41. The molecule has 0 aliphatic carbocycles. The lowest BCUT2D eigenvalue weighted by Gasteiger charge is -2.26. The lowest BCUT2D eigenvalue weighted by molar-refractivity contribution is 0.0378. The average molecular weight is 279 g/mol. The summed E-state index contributed by atoms with van der Waals surface area (Å²) in [4.78, 5) is 13.3. The molecule has 4 N–H and O–H groups in total. The number of carboxylic acid groups (broad SMARTS) is 1. The number of rotatable bonds is 6. The first-order chi connectivity index (χ1) is 9.68. The number of anilines is 2. The normalized spacial score (nSPS) is 16.0. The van der Waals surface area contributed by atoms with Crippen LogP contribution in [0.5, 0.6) is 0 Å². The van der Waals surface area contributed by atoms with Crippen LogP contribution >= 0.6 is 0 Å². The van der Waals surface area contributed by atoms with E-state index in [4.69, 9.17) is 15.6 Å². The van der Waals surface area contributed by atoms with E-state index in [0.717, 1.165) is 45.8 Å². The molecule has 0 aromatic heterocycles. The minimum absolute atomic E-state index is 0.142. The van der Waals surface area contributed by atoms with Crippen LogP contribution in [0.25, 0.3) is 0 Å². The number of morpholine rings is 1. The Morgan fingerprint density at radius 2 is 2.15 bits per heavy atom. The maximum Gasteiger partial charge on any atom is 0.337 e. The molecule has 2 rings (SSSR count). The molecule has 0 unspecified atom stereocenters. The number of aromatic carboxylic acids is 1. The standard InChI is InChI=1S/C14H21N3O3/c15-13-11(14(18)19)3-1-4-12(13)16-5-2-6-17-7-9-20-10-8-17/h1,3-4,16H,2,5-10,15H2,(H,18,19). The van der Waals surface area contributed by atoms with Crippen molar-refractivity contribution in [2.75, 3.05) is 50.4 Å². The molecule has 1 aromatic rings. The molecule has 0 saturated carbocycles. The number of nitrogens with two attached hydrogens (primary N) is 1. The van der Waals surface area contributed by atoms with Gasteiger partial charge in [-0.25, -0.2) is 4.79 Å². The van der Waals surface area contributed by atoms with Gasteiger partial charge in [0.15, 0.2) is 0 Å². The van der Waals surface area contributed by atoms with Crippen molar-refractivity contribution >= 4 is 17.3 Å². The molecule has 1 saturated heterocycles. The predicted molar refractivity (Wildman–Crippen MR) is 78.2 cm³/mol. The van der Waals surface area contributed by atoms with Crippen LogP contribution in [-0.4, -0.2) is 55.4 Å². The molecule has 0 spiro atoms. The second-order valence-corrected chi connectivity index (χ2v) is 4.81. The molecule has 6 nitrogen and oxygen atoms in total. The van der Waals surface area contributed by atoms with Crippen LogP contribution in [0.15, 0.2) is 18.2 Å². The molecule has 6 heteroatoms. The van der Waals surface area contributed by atoms with Crippen molar-refractivity contribution in [3.05, 3.63) is 23.8 Å². The highest BCUT2D eigenvalue weighted by molar-refractivity contribution is 5.97. The minimum atomic E-state index is -1.00. The molecule has 1 heterocycles. The Morgan fingerprint density at radius 1 is 1.40 bits per heavy atom. The van der Waals surface area contributed by atoms with Crippen molar-refractivity contribution in [3.8, 4) is 0 Å². The molecular formula is C14H21N3O3. The van der Waals surface area contributed by atoms with Crippen LogP contribution in [0.3, 0.4) is 0 Å². The number of ether oxygens (including phenoxy) is 1. The smallest absolute Gasteiger partial charge is 0.337 e. The van der Waals surface area contributed by atoms with E-state index in [1.807, 2.05) is 0 Å². The second kappa shape index (κ2) is 7.12. The summed E-state index contributed by atoms with van der Waals surface area (Å²) >= 11 is 0. The number of nitrogens with zero attached hydrogens (tertiary/aromatic N) is 1. The first kappa shape index (κ1) is 14.6. The van der Waals surface area contributed by atoms with Crippen molar-refractivity contribution < 1.29 is 14.6 Å². The van der Waals surface area contributed by atoms with E-state index in [0.29, 0.717) is 11.4 Å². The topological polar surface area (TPSA) is 87.8 Å². The Balaban J connectivity index is 1.79. The fourth-order valence-electron chi connectivity index (χ4n) is 2.26. The Hall–Kier alpha value is -1.79. The first-order valence-corrected chi connectivity index (χ1v) is 6.84. The molecule has 0 atom stereocenters. The summed E-state index contributed by atoms with van der Waals surface area (Å²) in [7, 11) is 0. The Bertz CT molecular complexity index is 459. The van der Waals surface area contributed by atoms with Gasteiger partial charge >= 0.3 is 5.97 Å². The zero-order valence-electron chi connectivity index (χ0n) is 11.5.